The van der Waals surface area contributed by atoms with Crippen molar-refractivity contribution in [2.45, 2.75) is 25.0 Å². The summed E-state index contributed by atoms with van der Waals surface area (Å²) >= 11 is 0. The summed E-state index contributed by atoms with van der Waals surface area (Å²) in [6.45, 7) is 3.86. The van der Waals surface area contributed by atoms with Crippen LogP contribution < -0.4 is 10.2 Å². The molecule has 1 N–H and O–H groups in total. The van der Waals surface area contributed by atoms with Crippen LogP contribution in [0.3, 0.4) is 0 Å². The van der Waals surface area contributed by atoms with Crippen molar-refractivity contribution in [1.29, 1.82) is 0 Å². The molecule has 120 valence electrons. The van der Waals surface area contributed by atoms with Gasteiger partial charge in [-0.25, -0.2) is 4.98 Å². The van der Waals surface area contributed by atoms with Crippen LogP contribution in [0.25, 0.3) is 0 Å². The van der Waals surface area contributed by atoms with E-state index in [1.807, 2.05) is 18.3 Å². The van der Waals surface area contributed by atoms with Gasteiger partial charge in [-0.15, -0.1) is 0 Å². The van der Waals surface area contributed by atoms with E-state index in [4.69, 9.17) is 4.74 Å². The molecule has 6 nitrogen and oxygen atoms in total. The van der Waals surface area contributed by atoms with E-state index in [2.05, 4.69) is 33.2 Å². The average Bonchev–Trinajstić information content (AvgIpc) is 2.58. The van der Waals surface area contributed by atoms with E-state index in [1.165, 1.54) is 0 Å². The summed E-state index contributed by atoms with van der Waals surface area (Å²) in [6, 6.07) is 6.58. The third-order valence-corrected chi connectivity index (χ3v) is 4.55. The highest BCUT2D eigenvalue weighted by Crippen LogP contribution is 2.20. The van der Waals surface area contributed by atoms with Crippen LogP contribution in [-0.4, -0.2) is 67.8 Å². The van der Waals surface area contributed by atoms with Crippen molar-refractivity contribution in [1.82, 2.24) is 15.2 Å². The Bertz CT molecular complexity index is 478. The molecule has 3 rings (SSSR count). The van der Waals surface area contributed by atoms with E-state index in [1.54, 1.807) is 0 Å². The summed E-state index contributed by atoms with van der Waals surface area (Å²) in [5, 5.41) is 2.86. The molecule has 2 fully saturated rings. The Morgan fingerprint density at radius 3 is 2.86 bits per heavy atom. The predicted octanol–water partition coefficient (Wildman–Crippen LogP) is 0.497. The molecule has 0 aliphatic carbocycles. The maximum atomic E-state index is 11.1. The fourth-order valence-electron chi connectivity index (χ4n) is 3.18. The quantitative estimate of drug-likeness (QED) is 0.878. The number of rotatable bonds is 4. The number of ether oxygens (including phenoxy) is 1. The fourth-order valence-corrected chi connectivity index (χ4v) is 3.18. The van der Waals surface area contributed by atoms with E-state index in [9.17, 15) is 4.79 Å². The zero-order chi connectivity index (χ0) is 15.4. The molecule has 0 saturated carbocycles. The first-order chi connectivity index (χ1) is 10.7. The van der Waals surface area contributed by atoms with E-state index in [0.29, 0.717) is 12.6 Å². The van der Waals surface area contributed by atoms with Gasteiger partial charge in [0, 0.05) is 45.5 Å². The number of aromatic nitrogens is 1. The molecule has 1 aromatic rings. The van der Waals surface area contributed by atoms with Crippen LogP contribution in [0.2, 0.25) is 0 Å². The van der Waals surface area contributed by atoms with Crippen molar-refractivity contribution in [2.24, 2.45) is 0 Å². The number of hydrogen-bond donors (Lipinski definition) is 1. The number of nitrogens with one attached hydrogen (secondary N) is 1. The third-order valence-electron chi connectivity index (χ3n) is 4.55. The zero-order valence-corrected chi connectivity index (χ0v) is 13.1. The lowest BCUT2D eigenvalue weighted by molar-refractivity contribution is -0.133. The topological polar surface area (TPSA) is 57.7 Å². The summed E-state index contributed by atoms with van der Waals surface area (Å²) in [5.74, 6) is 1.03. The van der Waals surface area contributed by atoms with Gasteiger partial charge in [0.25, 0.3) is 0 Å². The number of morpholine rings is 1. The Kier molecular flexibility index (Phi) is 4.90. The second kappa shape index (κ2) is 7.07. The van der Waals surface area contributed by atoms with E-state index in [0.717, 1.165) is 38.3 Å². The van der Waals surface area contributed by atoms with Crippen LogP contribution in [0.4, 0.5) is 5.82 Å². The van der Waals surface area contributed by atoms with Crippen LogP contribution in [0.15, 0.2) is 24.4 Å². The molecule has 6 heteroatoms. The van der Waals surface area contributed by atoms with Crippen molar-refractivity contribution >= 4 is 11.7 Å². The van der Waals surface area contributed by atoms with Crippen molar-refractivity contribution < 1.29 is 9.53 Å². The summed E-state index contributed by atoms with van der Waals surface area (Å²) in [5.41, 5.74) is 0. The highest BCUT2D eigenvalue weighted by Gasteiger charge is 2.26. The van der Waals surface area contributed by atoms with Crippen molar-refractivity contribution in [3.63, 3.8) is 0 Å². The molecule has 2 aliphatic heterocycles. The van der Waals surface area contributed by atoms with Crippen LogP contribution in [-0.2, 0) is 9.53 Å². The number of pyridine rings is 1. The van der Waals surface area contributed by atoms with E-state index >= 15 is 0 Å². The lowest BCUT2D eigenvalue weighted by atomic mass is 10.0. The molecule has 2 saturated heterocycles. The number of piperidine rings is 1. The number of nitrogens with zero attached hydrogens (tertiary/aromatic N) is 3. The van der Waals surface area contributed by atoms with Gasteiger partial charge in [-0.05, 0) is 25.0 Å². The average molecular weight is 304 g/mol. The molecule has 2 aliphatic rings. The Labute approximate surface area is 131 Å². The monoisotopic (exact) mass is 304 g/mol. The summed E-state index contributed by atoms with van der Waals surface area (Å²) in [4.78, 5) is 20.2. The lowest BCUT2D eigenvalue weighted by Crippen LogP contribution is -2.51. The summed E-state index contributed by atoms with van der Waals surface area (Å²) < 4.78 is 5.56. The van der Waals surface area contributed by atoms with Gasteiger partial charge >= 0.3 is 0 Å². The van der Waals surface area contributed by atoms with Crippen LogP contribution in [0, 0.1) is 0 Å². The van der Waals surface area contributed by atoms with Crippen LogP contribution >= 0.6 is 0 Å². The minimum Gasteiger partial charge on any atom is -0.365 e. The number of anilines is 1. The number of amides is 1. The largest absolute Gasteiger partial charge is 0.365 e. The van der Waals surface area contributed by atoms with Crippen LogP contribution in [0.5, 0.6) is 0 Å². The summed E-state index contributed by atoms with van der Waals surface area (Å²) in [7, 11) is 2.13. The Morgan fingerprint density at radius 1 is 1.41 bits per heavy atom. The number of carbonyl (C=O) groups excluding carboxylic acids is 1. The Balaban J connectivity index is 1.45. The molecule has 22 heavy (non-hydrogen) atoms. The first-order valence-electron chi connectivity index (χ1n) is 7.97. The van der Waals surface area contributed by atoms with Gasteiger partial charge in [-0.3, -0.25) is 4.79 Å². The van der Waals surface area contributed by atoms with Gasteiger partial charge in [0.15, 0.2) is 0 Å². The molecule has 0 spiro atoms. The predicted molar refractivity (Wildman–Crippen MR) is 84.9 cm³/mol. The van der Waals surface area contributed by atoms with Gasteiger partial charge in [-0.2, -0.15) is 0 Å². The van der Waals surface area contributed by atoms with Crippen LogP contribution in [0.1, 0.15) is 12.8 Å². The standard InChI is InChI=1S/C16H24N4O2/c1-19(15-4-2-3-7-17-15)13-5-8-20(9-6-13)11-14-10-18-16(21)12-22-14/h2-4,7,13-14H,5-6,8-12H2,1H3,(H,18,21). The van der Waals surface area contributed by atoms with E-state index in [-0.39, 0.29) is 18.6 Å². The molecule has 1 amide bonds. The number of hydrogen-bond acceptors (Lipinski definition) is 5. The molecule has 1 aromatic heterocycles. The minimum atomic E-state index is -0.00746. The maximum absolute atomic E-state index is 11.1. The lowest BCUT2D eigenvalue weighted by Gasteiger charge is -2.38. The smallest absolute Gasteiger partial charge is 0.246 e. The second-order valence-electron chi connectivity index (χ2n) is 6.07. The zero-order valence-electron chi connectivity index (χ0n) is 13.1. The molecular weight excluding hydrogens is 280 g/mol. The fraction of sp³-hybridized carbons (Fsp3) is 0.625. The van der Waals surface area contributed by atoms with Gasteiger partial charge in [0.2, 0.25) is 5.91 Å². The Hall–Kier alpha value is -1.66. The number of carbonyl (C=O) groups is 1. The van der Waals surface area contributed by atoms with Crippen molar-refractivity contribution in [3.8, 4) is 0 Å². The molecule has 1 atom stereocenters. The Morgan fingerprint density at radius 2 is 2.23 bits per heavy atom. The summed E-state index contributed by atoms with van der Waals surface area (Å²) in [6.07, 6.45) is 4.23. The van der Waals surface area contributed by atoms with Crippen molar-refractivity contribution in [3.05, 3.63) is 24.4 Å². The maximum Gasteiger partial charge on any atom is 0.246 e. The molecule has 0 radical (unpaired) electrons. The van der Waals surface area contributed by atoms with E-state index < -0.39 is 0 Å². The first kappa shape index (κ1) is 15.2. The molecule has 3 heterocycles. The highest BCUT2D eigenvalue weighted by atomic mass is 16.5. The van der Waals surface area contributed by atoms with Crippen molar-refractivity contribution in [2.75, 3.05) is 44.7 Å². The van der Waals surface area contributed by atoms with Gasteiger partial charge < -0.3 is 19.9 Å². The molecule has 0 aromatic carbocycles. The second-order valence-corrected chi connectivity index (χ2v) is 6.07. The third kappa shape index (κ3) is 3.75. The molecular formula is C16H24N4O2. The number of likely N-dealkylation sites (tertiary alicyclic amines) is 1. The minimum absolute atomic E-state index is 0.00746. The SMILES string of the molecule is CN(c1ccccn1)C1CCN(CC2CNC(=O)CO2)CC1. The van der Waals surface area contributed by atoms with Gasteiger partial charge in [-0.1, -0.05) is 6.07 Å². The normalized spacial score (nSPS) is 24.0. The van der Waals surface area contributed by atoms with Gasteiger partial charge in [0.05, 0.1) is 6.10 Å². The molecule has 1 unspecified atom stereocenters. The highest BCUT2D eigenvalue weighted by molar-refractivity contribution is 5.77. The molecule has 0 bridgehead atoms. The van der Waals surface area contributed by atoms with Gasteiger partial charge in [0.1, 0.15) is 12.4 Å². The first-order valence-corrected chi connectivity index (χ1v) is 7.97.